The van der Waals surface area contributed by atoms with Crippen LogP contribution in [0.25, 0.3) is 0 Å². The molecule has 0 atom stereocenters. The van der Waals surface area contributed by atoms with Crippen LogP contribution in [0.2, 0.25) is 5.02 Å². The smallest absolute Gasteiger partial charge is 0.224 e. The van der Waals surface area contributed by atoms with E-state index in [-0.39, 0.29) is 5.41 Å². The molecule has 112 valence electrons. The fourth-order valence-electron chi connectivity index (χ4n) is 1.84. The molecule has 0 amide bonds. The minimum atomic E-state index is -0.192. The second-order valence-electron chi connectivity index (χ2n) is 5.91. The van der Waals surface area contributed by atoms with Gasteiger partial charge in [0, 0.05) is 16.5 Å². The highest BCUT2D eigenvalue weighted by atomic mass is 35.5. The molecule has 1 aromatic heterocycles. The molecule has 0 aliphatic heterocycles. The Morgan fingerprint density at radius 3 is 2.52 bits per heavy atom. The summed E-state index contributed by atoms with van der Waals surface area (Å²) < 4.78 is 5.80. The zero-order valence-corrected chi connectivity index (χ0v) is 13.5. The minimum Gasteiger partial charge on any atom is -0.439 e. The van der Waals surface area contributed by atoms with Crippen molar-refractivity contribution < 1.29 is 4.74 Å². The maximum Gasteiger partial charge on any atom is 0.224 e. The first-order chi connectivity index (χ1) is 9.79. The number of nitrogens with zero attached hydrogens (tertiary/aromatic N) is 2. The van der Waals surface area contributed by atoms with Gasteiger partial charge in [-0.2, -0.15) is 4.98 Å². The van der Waals surface area contributed by atoms with Crippen molar-refractivity contribution >= 4 is 17.4 Å². The molecule has 0 saturated carbocycles. The van der Waals surface area contributed by atoms with Crippen molar-refractivity contribution in [3.63, 3.8) is 0 Å². The Balaban J connectivity index is 2.33. The van der Waals surface area contributed by atoms with Gasteiger partial charge in [0.05, 0.1) is 0 Å². The molecular weight excluding hydrogens is 286 g/mol. The van der Waals surface area contributed by atoms with Crippen molar-refractivity contribution in [2.75, 3.05) is 5.73 Å². The summed E-state index contributed by atoms with van der Waals surface area (Å²) in [4.78, 5) is 8.69. The van der Waals surface area contributed by atoms with Crippen LogP contribution in [0, 0.1) is 0 Å². The van der Waals surface area contributed by atoms with Crippen LogP contribution in [0.4, 0.5) is 5.82 Å². The van der Waals surface area contributed by atoms with E-state index in [9.17, 15) is 0 Å². The Kier molecular flexibility index (Phi) is 4.37. The number of nitrogen functional groups attached to an aromatic ring is 1. The molecule has 5 heteroatoms. The van der Waals surface area contributed by atoms with Gasteiger partial charge in [-0.25, -0.2) is 4.98 Å². The Hall–Kier alpha value is -1.81. The number of ether oxygens (including phenoxy) is 1. The number of hydrogen-bond donors (Lipinski definition) is 1. The second kappa shape index (κ2) is 5.90. The summed E-state index contributed by atoms with van der Waals surface area (Å²) >= 11 is 6.11. The highest BCUT2D eigenvalue weighted by Gasteiger charge is 2.19. The Bertz CT molecular complexity index is 650. The van der Waals surface area contributed by atoms with Gasteiger partial charge in [0.1, 0.15) is 17.4 Å². The first-order valence-electron chi connectivity index (χ1n) is 6.91. The molecule has 0 unspecified atom stereocenters. The zero-order valence-electron chi connectivity index (χ0n) is 12.8. The van der Waals surface area contributed by atoms with Gasteiger partial charge in [0.15, 0.2) is 0 Å². The first-order valence-corrected chi connectivity index (χ1v) is 7.28. The van der Waals surface area contributed by atoms with E-state index in [1.807, 2.05) is 45.9 Å². The molecule has 4 nitrogen and oxygen atoms in total. The van der Waals surface area contributed by atoms with Crippen molar-refractivity contribution in [3.8, 4) is 11.6 Å². The summed E-state index contributed by atoms with van der Waals surface area (Å²) in [5.74, 6) is 2.18. The number of halogens is 1. The largest absolute Gasteiger partial charge is 0.439 e. The lowest BCUT2D eigenvalue weighted by molar-refractivity contribution is 0.446. The fraction of sp³-hybridized carbons (Fsp3) is 0.375. The maximum atomic E-state index is 6.11. The van der Waals surface area contributed by atoms with E-state index in [4.69, 9.17) is 22.1 Å². The second-order valence-corrected chi connectivity index (χ2v) is 6.32. The monoisotopic (exact) mass is 305 g/mol. The third kappa shape index (κ3) is 3.85. The molecule has 0 saturated heterocycles. The average Bonchev–Trinajstić information content (AvgIpc) is 2.39. The van der Waals surface area contributed by atoms with Crippen LogP contribution in [0.5, 0.6) is 11.6 Å². The summed E-state index contributed by atoms with van der Waals surface area (Å²) in [5, 5.41) is 0.738. The molecule has 2 rings (SSSR count). The van der Waals surface area contributed by atoms with Gasteiger partial charge in [0.2, 0.25) is 5.88 Å². The van der Waals surface area contributed by atoms with Gasteiger partial charge in [-0.05, 0) is 30.2 Å². The van der Waals surface area contributed by atoms with Gasteiger partial charge in [0.25, 0.3) is 0 Å². The standard InChI is InChI=1S/C16H20ClN3O/c1-5-10-8-11(6-7-12(10)17)21-14-9-13(18)19-15(20-14)16(2,3)4/h6-9H,5H2,1-4H3,(H2,18,19,20). The van der Waals surface area contributed by atoms with Crippen LogP contribution in [0.1, 0.15) is 39.1 Å². The maximum absolute atomic E-state index is 6.11. The zero-order chi connectivity index (χ0) is 15.6. The average molecular weight is 306 g/mol. The van der Waals surface area contributed by atoms with Gasteiger partial charge in [-0.3, -0.25) is 0 Å². The van der Waals surface area contributed by atoms with E-state index < -0.39 is 0 Å². The third-order valence-electron chi connectivity index (χ3n) is 3.01. The lowest BCUT2D eigenvalue weighted by Gasteiger charge is -2.17. The Morgan fingerprint density at radius 2 is 1.90 bits per heavy atom. The number of hydrogen-bond acceptors (Lipinski definition) is 4. The van der Waals surface area contributed by atoms with Crippen LogP contribution < -0.4 is 10.5 Å². The van der Waals surface area contributed by atoms with Gasteiger partial charge in [-0.15, -0.1) is 0 Å². The van der Waals surface area contributed by atoms with Crippen LogP contribution in [-0.4, -0.2) is 9.97 Å². The number of anilines is 1. The normalized spacial score (nSPS) is 11.5. The Labute approximate surface area is 130 Å². The number of benzene rings is 1. The van der Waals surface area contributed by atoms with Crippen LogP contribution in [0.3, 0.4) is 0 Å². The number of nitrogens with two attached hydrogens (primary N) is 1. The van der Waals surface area contributed by atoms with E-state index >= 15 is 0 Å². The number of rotatable bonds is 3. The van der Waals surface area contributed by atoms with E-state index in [2.05, 4.69) is 9.97 Å². The van der Waals surface area contributed by atoms with Crippen molar-refractivity contribution in [1.82, 2.24) is 9.97 Å². The SMILES string of the molecule is CCc1cc(Oc2cc(N)nc(C(C)(C)C)n2)ccc1Cl. The molecule has 2 N–H and O–H groups in total. The molecule has 2 aromatic rings. The molecule has 0 fully saturated rings. The quantitative estimate of drug-likeness (QED) is 0.915. The van der Waals surface area contributed by atoms with Crippen molar-refractivity contribution in [2.45, 2.75) is 39.5 Å². The van der Waals surface area contributed by atoms with E-state index in [1.54, 1.807) is 6.07 Å². The number of aryl methyl sites for hydroxylation is 1. The summed E-state index contributed by atoms with van der Waals surface area (Å²) in [6.45, 7) is 8.14. The molecule has 21 heavy (non-hydrogen) atoms. The van der Waals surface area contributed by atoms with Gasteiger partial charge in [-0.1, -0.05) is 39.3 Å². The first kappa shape index (κ1) is 15.6. The Morgan fingerprint density at radius 1 is 1.19 bits per heavy atom. The number of aromatic nitrogens is 2. The van der Waals surface area contributed by atoms with Crippen LogP contribution in [0.15, 0.2) is 24.3 Å². The highest BCUT2D eigenvalue weighted by Crippen LogP contribution is 2.28. The fourth-order valence-corrected chi connectivity index (χ4v) is 2.09. The third-order valence-corrected chi connectivity index (χ3v) is 3.38. The predicted molar refractivity (Wildman–Crippen MR) is 86.0 cm³/mol. The lowest BCUT2D eigenvalue weighted by Crippen LogP contribution is -2.17. The van der Waals surface area contributed by atoms with Crippen molar-refractivity contribution in [2.24, 2.45) is 0 Å². The molecule has 0 bridgehead atoms. The summed E-state index contributed by atoms with van der Waals surface area (Å²) in [7, 11) is 0. The van der Waals surface area contributed by atoms with E-state index in [0.717, 1.165) is 17.0 Å². The minimum absolute atomic E-state index is 0.192. The summed E-state index contributed by atoms with van der Waals surface area (Å²) in [6, 6.07) is 7.17. The predicted octanol–water partition coefficient (Wildman–Crippen LogP) is 4.36. The molecule has 0 aliphatic carbocycles. The lowest BCUT2D eigenvalue weighted by atomic mass is 9.96. The van der Waals surface area contributed by atoms with Crippen LogP contribution in [-0.2, 0) is 11.8 Å². The van der Waals surface area contributed by atoms with E-state index in [1.165, 1.54) is 0 Å². The topological polar surface area (TPSA) is 61.0 Å². The molecule has 1 heterocycles. The molecule has 0 aliphatic rings. The molecule has 0 spiro atoms. The highest BCUT2D eigenvalue weighted by molar-refractivity contribution is 6.31. The van der Waals surface area contributed by atoms with Gasteiger partial charge >= 0.3 is 0 Å². The molecular formula is C16H20ClN3O. The summed E-state index contributed by atoms with van der Waals surface area (Å²) in [6.07, 6.45) is 0.842. The van der Waals surface area contributed by atoms with Crippen molar-refractivity contribution in [3.05, 3.63) is 40.7 Å². The van der Waals surface area contributed by atoms with Crippen molar-refractivity contribution in [1.29, 1.82) is 0 Å². The van der Waals surface area contributed by atoms with Crippen LogP contribution >= 0.6 is 11.6 Å². The van der Waals surface area contributed by atoms with E-state index in [0.29, 0.717) is 23.3 Å². The molecule has 0 radical (unpaired) electrons. The molecule has 1 aromatic carbocycles. The summed E-state index contributed by atoms with van der Waals surface area (Å²) in [5.41, 5.74) is 6.68. The van der Waals surface area contributed by atoms with Gasteiger partial charge < -0.3 is 10.5 Å².